The molecule has 0 aromatic heterocycles. The molecule has 5 nitrogen and oxygen atoms in total. The second-order valence-electron chi connectivity index (χ2n) is 4.76. The van der Waals surface area contributed by atoms with Gasteiger partial charge in [0.25, 0.3) is 0 Å². The average molecular weight is 272 g/mol. The number of hydrogen-bond acceptors (Lipinski definition) is 5. The summed E-state index contributed by atoms with van der Waals surface area (Å²) in [6, 6.07) is 12.1. The van der Waals surface area contributed by atoms with E-state index in [-0.39, 0.29) is 0 Å². The van der Waals surface area contributed by atoms with Crippen molar-refractivity contribution in [3.8, 4) is 6.07 Å². The number of likely N-dealkylation sites (N-methyl/N-ethyl adjacent to an activating group) is 1. The van der Waals surface area contributed by atoms with Crippen LogP contribution in [0.25, 0.3) is 0 Å². The quantitative estimate of drug-likeness (QED) is 0.885. The van der Waals surface area contributed by atoms with E-state index < -0.39 is 6.23 Å². The SMILES string of the molecule is CCCN1C(N)=C(C#N)C(OCc2ccccc2)N1C. The Morgan fingerprint density at radius 1 is 1.35 bits per heavy atom. The molecule has 0 saturated heterocycles. The minimum Gasteiger partial charge on any atom is -0.383 e. The van der Waals surface area contributed by atoms with Crippen LogP contribution in [0.15, 0.2) is 41.7 Å². The molecule has 0 bridgehead atoms. The highest BCUT2D eigenvalue weighted by atomic mass is 16.5. The van der Waals surface area contributed by atoms with Crippen LogP contribution in [0.4, 0.5) is 0 Å². The third-order valence-corrected chi connectivity index (χ3v) is 3.33. The molecule has 1 atom stereocenters. The molecular formula is C15H20N4O. The van der Waals surface area contributed by atoms with Gasteiger partial charge in [-0.3, -0.25) is 5.01 Å². The minimum absolute atomic E-state index is 0.410. The Hall–Kier alpha value is -2.03. The smallest absolute Gasteiger partial charge is 0.166 e. The Balaban J connectivity index is 2.09. The summed E-state index contributed by atoms with van der Waals surface area (Å²) in [6.07, 6.45) is 0.543. The Labute approximate surface area is 119 Å². The van der Waals surface area contributed by atoms with E-state index in [0.717, 1.165) is 18.5 Å². The van der Waals surface area contributed by atoms with Crippen LogP contribution in [0.3, 0.4) is 0 Å². The number of nitrogens with two attached hydrogens (primary N) is 1. The fourth-order valence-corrected chi connectivity index (χ4v) is 2.29. The Bertz CT molecular complexity index is 520. The molecule has 2 N–H and O–H groups in total. The predicted octanol–water partition coefficient (Wildman–Crippen LogP) is 1.80. The first-order chi connectivity index (χ1) is 9.69. The number of rotatable bonds is 5. The summed E-state index contributed by atoms with van der Waals surface area (Å²) in [5, 5.41) is 13.1. The van der Waals surface area contributed by atoms with Crippen molar-refractivity contribution < 1.29 is 4.74 Å². The van der Waals surface area contributed by atoms with E-state index in [1.807, 2.05) is 47.4 Å². The third kappa shape index (κ3) is 2.77. The summed E-state index contributed by atoms with van der Waals surface area (Å²) in [4.78, 5) is 0. The van der Waals surface area contributed by atoms with Crippen LogP contribution in [-0.2, 0) is 11.3 Å². The molecule has 0 aliphatic carbocycles. The van der Waals surface area contributed by atoms with E-state index in [4.69, 9.17) is 10.5 Å². The lowest BCUT2D eigenvalue weighted by molar-refractivity contribution is -0.100. The van der Waals surface area contributed by atoms with Crippen LogP contribution in [0, 0.1) is 11.3 Å². The van der Waals surface area contributed by atoms with Gasteiger partial charge >= 0.3 is 0 Å². The van der Waals surface area contributed by atoms with Gasteiger partial charge in [0.1, 0.15) is 17.5 Å². The van der Waals surface area contributed by atoms with Gasteiger partial charge < -0.3 is 10.5 Å². The highest BCUT2D eigenvalue weighted by Gasteiger charge is 2.35. The number of nitrogens with zero attached hydrogens (tertiary/aromatic N) is 3. The summed E-state index contributed by atoms with van der Waals surface area (Å²) < 4.78 is 5.88. The monoisotopic (exact) mass is 272 g/mol. The summed E-state index contributed by atoms with van der Waals surface area (Å²) in [5.74, 6) is 0.495. The van der Waals surface area contributed by atoms with Gasteiger partial charge in [-0.2, -0.15) is 10.3 Å². The van der Waals surface area contributed by atoms with Gasteiger partial charge in [-0.15, -0.1) is 0 Å². The van der Waals surface area contributed by atoms with E-state index in [0.29, 0.717) is 18.0 Å². The maximum atomic E-state index is 9.29. The van der Waals surface area contributed by atoms with Crippen LogP contribution in [0.5, 0.6) is 0 Å². The zero-order chi connectivity index (χ0) is 14.5. The second-order valence-corrected chi connectivity index (χ2v) is 4.76. The van der Waals surface area contributed by atoms with Gasteiger partial charge in [0.05, 0.1) is 6.61 Å². The lowest BCUT2D eigenvalue weighted by Gasteiger charge is -2.30. The van der Waals surface area contributed by atoms with Crippen molar-refractivity contribution in [2.75, 3.05) is 13.6 Å². The van der Waals surface area contributed by atoms with Crippen LogP contribution in [0.2, 0.25) is 0 Å². The predicted molar refractivity (Wildman–Crippen MR) is 76.6 cm³/mol. The van der Waals surface area contributed by atoms with E-state index in [9.17, 15) is 5.26 Å². The number of ether oxygens (including phenoxy) is 1. The molecular weight excluding hydrogens is 252 g/mol. The van der Waals surface area contributed by atoms with Crippen LogP contribution >= 0.6 is 0 Å². The van der Waals surface area contributed by atoms with E-state index >= 15 is 0 Å². The van der Waals surface area contributed by atoms with Gasteiger partial charge in [0.2, 0.25) is 0 Å². The van der Waals surface area contributed by atoms with Gasteiger partial charge in [-0.05, 0) is 12.0 Å². The molecule has 106 valence electrons. The Morgan fingerprint density at radius 2 is 2.05 bits per heavy atom. The number of benzene rings is 1. The minimum atomic E-state index is -0.410. The summed E-state index contributed by atoms with van der Waals surface area (Å²) in [7, 11) is 1.89. The molecule has 1 aliphatic rings. The first kappa shape index (κ1) is 14.4. The Kier molecular flexibility index (Phi) is 4.61. The molecule has 20 heavy (non-hydrogen) atoms. The zero-order valence-corrected chi connectivity index (χ0v) is 11.9. The number of hydrazine groups is 1. The molecule has 1 heterocycles. The molecule has 0 spiro atoms. The first-order valence-corrected chi connectivity index (χ1v) is 6.74. The van der Waals surface area contributed by atoms with Crippen molar-refractivity contribution in [3.05, 3.63) is 47.3 Å². The van der Waals surface area contributed by atoms with Crippen molar-refractivity contribution in [2.45, 2.75) is 26.2 Å². The van der Waals surface area contributed by atoms with Crippen molar-refractivity contribution in [2.24, 2.45) is 5.73 Å². The summed E-state index contributed by atoms with van der Waals surface area (Å²) >= 11 is 0. The van der Waals surface area contributed by atoms with Gasteiger partial charge in [0.15, 0.2) is 6.23 Å². The molecule has 0 saturated carbocycles. The molecule has 1 aliphatic heterocycles. The number of hydrogen-bond donors (Lipinski definition) is 1. The largest absolute Gasteiger partial charge is 0.383 e. The topological polar surface area (TPSA) is 65.5 Å². The molecule has 5 heteroatoms. The number of nitriles is 1. The molecule has 1 unspecified atom stereocenters. The van der Waals surface area contributed by atoms with Crippen LogP contribution < -0.4 is 5.73 Å². The molecule has 0 fully saturated rings. The molecule has 0 amide bonds. The lowest BCUT2D eigenvalue weighted by Crippen LogP contribution is -2.42. The normalized spacial score (nSPS) is 19.4. The Morgan fingerprint density at radius 3 is 2.65 bits per heavy atom. The maximum absolute atomic E-state index is 9.29. The molecule has 2 rings (SSSR count). The van der Waals surface area contributed by atoms with Gasteiger partial charge in [-0.25, -0.2) is 0 Å². The van der Waals surface area contributed by atoms with Crippen molar-refractivity contribution in [1.82, 2.24) is 10.0 Å². The molecule has 1 aromatic carbocycles. The van der Waals surface area contributed by atoms with Crippen LogP contribution in [-0.4, -0.2) is 29.8 Å². The highest BCUT2D eigenvalue weighted by Crippen LogP contribution is 2.26. The zero-order valence-electron chi connectivity index (χ0n) is 11.9. The van der Waals surface area contributed by atoms with Crippen molar-refractivity contribution in [3.63, 3.8) is 0 Å². The van der Waals surface area contributed by atoms with Crippen molar-refractivity contribution in [1.29, 1.82) is 5.26 Å². The standard InChI is InChI=1S/C15H20N4O/c1-3-9-19-14(17)13(10-16)15(18(19)2)20-11-12-7-5-4-6-8-12/h4-8,15H,3,9,11,17H2,1-2H3. The lowest BCUT2D eigenvalue weighted by atomic mass is 10.2. The van der Waals surface area contributed by atoms with Crippen molar-refractivity contribution >= 4 is 0 Å². The fraction of sp³-hybridized carbons (Fsp3) is 0.400. The maximum Gasteiger partial charge on any atom is 0.166 e. The second kappa shape index (κ2) is 6.42. The van der Waals surface area contributed by atoms with Gasteiger partial charge in [0, 0.05) is 13.6 Å². The van der Waals surface area contributed by atoms with Gasteiger partial charge in [-0.1, -0.05) is 37.3 Å². The van der Waals surface area contributed by atoms with E-state index in [1.165, 1.54) is 0 Å². The first-order valence-electron chi connectivity index (χ1n) is 6.74. The summed E-state index contributed by atoms with van der Waals surface area (Å²) in [6.45, 7) is 3.30. The fourth-order valence-electron chi connectivity index (χ4n) is 2.29. The van der Waals surface area contributed by atoms with E-state index in [2.05, 4.69) is 13.0 Å². The summed E-state index contributed by atoms with van der Waals surface area (Å²) in [5.41, 5.74) is 7.59. The average Bonchev–Trinajstić information content (AvgIpc) is 2.70. The van der Waals surface area contributed by atoms with Crippen LogP contribution in [0.1, 0.15) is 18.9 Å². The molecule has 1 aromatic rings. The highest BCUT2D eigenvalue weighted by molar-refractivity contribution is 5.32. The molecule has 0 radical (unpaired) electrons. The van der Waals surface area contributed by atoms with E-state index in [1.54, 1.807) is 0 Å². The third-order valence-electron chi connectivity index (χ3n) is 3.33.